The van der Waals surface area contributed by atoms with Crippen LogP contribution in [0.25, 0.3) is 5.69 Å². The molecule has 0 spiro atoms. The molecule has 0 aliphatic rings. The van der Waals surface area contributed by atoms with Crippen molar-refractivity contribution in [3.63, 3.8) is 0 Å². The van der Waals surface area contributed by atoms with Gasteiger partial charge in [0.25, 0.3) is 15.7 Å². The van der Waals surface area contributed by atoms with Crippen molar-refractivity contribution >= 4 is 21.5 Å². The Bertz CT molecular complexity index is 1090. The SMILES string of the molecule is Cc1[nH]n(-c2ccc(S(=O)(=O)O)cc2)c(=O)c1N=Nc1ccccc1.[H-].[Na+]. The van der Waals surface area contributed by atoms with Crippen molar-refractivity contribution in [2.24, 2.45) is 10.2 Å². The molecular weight excluding hydrogens is 367 g/mol. The van der Waals surface area contributed by atoms with Gasteiger partial charge in [0.05, 0.1) is 22.0 Å². The number of nitrogens with zero attached hydrogens (tertiary/aromatic N) is 3. The summed E-state index contributed by atoms with van der Waals surface area (Å²) >= 11 is 0. The summed E-state index contributed by atoms with van der Waals surface area (Å²) in [7, 11) is -4.29. The van der Waals surface area contributed by atoms with E-state index < -0.39 is 15.7 Å². The quantitative estimate of drug-likeness (QED) is 0.382. The van der Waals surface area contributed by atoms with Gasteiger partial charge in [0.1, 0.15) is 0 Å². The molecule has 3 rings (SSSR count). The van der Waals surface area contributed by atoms with Crippen LogP contribution in [0.1, 0.15) is 7.12 Å². The first-order valence-electron chi connectivity index (χ1n) is 7.22. The van der Waals surface area contributed by atoms with Crippen LogP contribution < -0.4 is 35.1 Å². The molecule has 3 aromatic rings. The van der Waals surface area contributed by atoms with Crippen LogP contribution in [-0.2, 0) is 10.1 Å². The van der Waals surface area contributed by atoms with Gasteiger partial charge < -0.3 is 1.43 Å². The first-order chi connectivity index (χ1) is 11.9. The minimum atomic E-state index is -4.29. The summed E-state index contributed by atoms with van der Waals surface area (Å²) in [5.41, 5.74) is 1.27. The summed E-state index contributed by atoms with van der Waals surface area (Å²) in [5, 5.41) is 10.9. The molecule has 0 saturated carbocycles. The Morgan fingerprint density at radius 2 is 1.65 bits per heavy atom. The fraction of sp³-hybridized carbons (Fsp3) is 0.0625. The second-order valence-electron chi connectivity index (χ2n) is 5.23. The van der Waals surface area contributed by atoms with Crippen LogP contribution in [0.15, 0.2) is 74.5 Å². The summed E-state index contributed by atoms with van der Waals surface area (Å²) in [6.45, 7) is 1.68. The van der Waals surface area contributed by atoms with Gasteiger partial charge in [-0.15, -0.1) is 5.11 Å². The molecule has 2 aromatic carbocycles. The third-order valence-electron chi connectivity index (χ3n) is 3.45. The van der Waals surface area contributed by atoms with Gasteiger partial charge in [0.2, 0.25) is 0 Å². The van der Waals surface area contributed by atoms with E-state index in [4.69, 9.17) is 4.55 Å². The smallest absolute Gasteiger partial charge is 1.00 e. The molecular formula is C16H15N4NaO4S. The molecule has 1 heterocycles. The molecule has 0 atom stereocenters. The largest absolute Gasteiger partial charge is 1.00 e. The number of aromatic amines is 1. The number of benzene rings is 2. The van der Waals surface area contributed by atoms with Gasteiger partial charge in [-0.2, -0.15) is 13.5 Å². The molecule has 0 fully saturated rings. The van der Waals surface area contributed by atoms with Crippen molar-refractivity contribution in [1.29, 1.82) is 0 Å². The molecule has 2 N–H and O–H groups in total. The number of rotatable bonds is 4. The Morgan fingerprint density at radius 1 is 1.04 bits per heavy atom. The van der Waals surface area contributed by atoms with Crippen LogP contribution in [0.2, 0.25) is 0 Å². The summed E-state index contributed by atoms with van der Waals surface area (Å²) in [5.74, 6) is 0. The van der Waals surface area contributed by atoms with Gasteiger partial charge >= 0.3 is 29.6 Å². The van der Waals surface area contributed by atoms with Crippen molar-refractivity contribution in [3.05, 3.63) is 70.6 Å². The second kappa shape index (κ2) is 8.11. The van der Waals surface area contributed by atoms with Gasteiger partial charge in [0, 0.05) is 0 Å². The van der Waals surface area contributed by atoms with Gasteiger partial charge in [-0.05, 0) is 43.3 Å². The number of aryl methyl sites for hydroxylation is 1. The maximum atomic E-state index is 12.5. The number of H-pyrrole nitrogens is 1. The van der Waals surface area contributed by atoms with Crippen LogP contribution in [0.5, 0.6) is 0 Å². The minimum absolute atomic E-state index is 0. The molecule has 26 heavy (non-hydrogen) atoms. The first-order valence-corrected chi connectivity index (χ1v) is 8.66. The molecule has 0 bridgehead atoms. The standard InChI is InChI=1S/C16H14N4O4S.Na.H/c1-11-15(18-17-12-5-3-2-4-6-12)16(21)20(19-11)13-7-9-14(10-8-13)25(22,23)24;;/h2-10,19H,1H3,(H,22,23,24);;/q;+1;-1. The molecule has 1 aromatic heterocycles. The molecule has 0 amide bonds. The number of hydrogen-bond acceptors (Lipinski definition) is 5. The predicted octanol–water partition coefficient (Wildman–Crippen LogP) is 0.253. The van der Waals surface area contributed by atoms with E-state index in [9.17, 15) is 13.2 Å². The number of aromatic nitrogens is 2. The van der Waals surface area contributed by atoms with Crippen LogP contribution in [0.4, 0.5) is 11.4 Å². The summed E-state index contributed by atoms with van der Waals surface area (Å²) in [6.07, 6.45) is 0. The summed E-state index contributed by atoms with van der Waals surface area (Å²) in [4.78, 5) is 12.3. The Labute approximate surface area is 173 Å². The molecule has 0 unspecified atom stereocenters. The third kappa shape index (κ3) is 4.37. The monoisotopic (exact) mass is 382 g/mol. The van der Waals surface area contributed by atoms with Crippen molar-refractivity contribution in [2.75, 3.05) is 0 Å². The van der Waals surface area contributed by atoms with Crippen molar-refractivity contribution in [2.45, 2.75) is 11.8 Å². The normalized spacial score (nSPS) is 11.5. The predicted molar refractivity (Wildman–Crippen MR) is 92.7 cm³/mol. The molecule has 0 aliphatic carbocycles. The number of nitrogens with one attached hydrogen (secondary N) is 1. The van der Waals surface area contributed by atoms with Gasteiger partial charge in [-0.25, -0.2) is 4.68 Å². The zero-order chi connectivity index (χ0) is 18.0. The van der Waals surface area contributed by atoms with E-state index >= 15 is 0 Å². The molecule has 8 nitrogen and oxygen atoms in total. The van der Waals surface area contributed by atoms with E-state index in [0.29, 0.717) is 17.1 Å². The van der Waals surface area contributed by atoms with E-state index in [1.54, 1.807) is 19.1 Å². The van der Waals surface area contributed by atoms with E-state index in [0.717, 1.165) is 0 Å². The van der Waals surface area contributed by atoms with Gasteiger partial charge in [-0.3, -0.25) is 14.4 Å². The van der Waals surface area contributed by atoms with Crippen molar-refractivity contribution in [1.82, 2.24) is 9.78 Å². The average molecular weight is 382 g/mol. The molecule has 130 valence electrons. The van der Waals surface area contributed by atoms with Crippen LogP contribution >= 0.6 is 0 Å². The maximum Gasteiger partial charge on any atom is 1.00 e. The van der Waals surface area contributed by atoms with E-state index in [1.165, 1.54) is 28.9 Å². The minimum Gasteiger partial charge on any atom is -1.00 e. The van der Waals surface area contributed by atoms with Crippen LogP contribution in [-0.4, -0.2) is 22.8 Å². The molecule has 0 aliphatic heterocycles. The van der Waals surface area contributed by atoms with Crippen LogP contribution in [0, 0.1) is 6.92 Å². The van der Waals surface area contributed by atoms with Crippen molar-refractivity contribution < 1.29 is 44.0 Å². The maximum absolute atomic E-state index is 12.5. The van der Waals surface area contributed by atoms with E-state index in [-0.39, 0.29) is 41.6 Å². The number of azo groups is 1. The Hall–Kier alpha value is -2.04. The topological polar surface area (TPSA) is 117 Å². The molecule has 0 radical (unpaired) electrons. The zero-order valence-electron chi connectivity index (χ0n) is 15.1. The Kier molecular flexibility index (Phi) is 6.32. The fourth-order valence-corrected chi connectivity index (χ4v) is 2.69. The van der Waals surface area contributed by atoms with E-state index in [2.05, 4.69) is 15.3 Å². The Morgan fingerprint density at radius 3 is 2.23 bits per heavy atom. The van der Waals surface area contributed by atoms with E-state index in [1.807, 2.05) is 18.2 Å². The second-order valence-corrected chi connectivity index (χ2v) is 6.65. The van der Waals surface area contributed by atoms with Crippen LogP contribution in [0.3, 0.4) is 0 Å². The third-order valence-corrected chi connectivity index (χ3v) is 4.32. The Balaban J connectivity index is 0.00000182. The number of hydrogen-bond donors (Lipinski definition) is 2. The van der Waals surface area contributed by atoms with Gasteiger partial charge in [-0.1, -0.05) is 18.2 Å². The average Bonchev–Trinajstić information content (AvgIpc) is 2.87. The molecule has 0 saturated heterocycles. The summed E-state index contributed by atoms with van der Waals surface area (Å²) < 4.78 is 32.4. The van der Waals surface area contributed by atoms with Gasteiger partial charge in [0.15, 0.2) is 5.69 Å². The fourth-order valence-electron chi connectivity index (χ4n) is 2.21. The zero-order valence-corrected chi connectivity index (χ0v) is 16.9. The summed E-state index contributed by atoms with van der Waals surface area (Å²) in [6, 6.07) is 14.2. The molecule has 10 heteroatoms. The first kappa shape index (κ1) is 20.3. The van der Waals surface area contributed by atoms with Crippen molar-refractivity contribution in [3.8, 4) is 5.69 Å².